The van der Waals surface area contributed by atoms with E-state index in [0.29, 0.717) is 5.92 Å². The first-order valence-corrected chi connectivity index (χ1v) is 8.30. The van der Waals surface area contributed by atoms with Crippen LogP contribution in [0.25, 0.3) is 0 Å². The standard InChI is InChI=1S/C17H27ClN2O/c1-3-14(19)11-15-16(18)5-4-6-17(15)20-9-7-13(8-10-20)12-21-2/h4-6,13-14H,3,7-12,19H2,1-2H3. The maximum absolute atomic E-state index is 6.43. The van der Waals surface area contributed by atoms with E-state index in [2.05, 4.69) is 17.9 Å². The number of piperidine rings is 1. The third-order valence-electron chi connectivity index (χ3n) is 4.44. The molecule has 1 heterocycles. The molecule has 0 saturated carbocycles. The van der Waals surface area contributed by atoms with Crippen LogP contribution in [0.1, 0.15) is 31.7 Å². The molecule has 1 aliphatic heterocycles. The summed E-state index contributed by atoms with van der Waals surface area (Å²) in [5.74, 6) is 0.687. The molecule has 0 spiro atoms. The zero-order chi connectivity index (χ0) is 15.2. The third-order valence-corrected chi connectivity index (χ3v) is 4.80. The monoisotopic (exact) mass is 310 g/mol. The van der Waals surface area contributed by atoms with Crippen molar-refractivity contribution in [2.45, 2.75) is 38.6 Å². The van der Waals surface area contributed by atoms with Crippen LogP contribution < -0.4 is 10.6 Å². The average Bonchev–Trinajstić information content (AvgIpc) is 2.50. The second kappa shape index (κ2) is 8.02. The summed E-state index contributed by atoms with van der Waals surface area (Å²) in [6, 6.07) is 6.37. The smallest absolute Gasteiger partial charge is 0.0491 e. The maximum Gasteiger partial charge on any atom is 0.0491 e. The fourth-order valence-corrected chi connectivity index (χ4v) is 3.28. The van der Waals surface area contributed by atoms with Gasteiger partial charge in [-0.3, -0.25) is 0 Å². The van der Waals surface area contributed by atoms with Gasteiger partial charge >= 0.3 is 0 Å². The number of halogens is 1. The molecule has 0 aliphatic carbocycles. The fourth-order valence-electron chi connectivity index (χ4n) is 3.03. The third kappa shape index (κ3) is 4.35. The van der Waals surface area contributed by atoms with E-state index in [1.807, 2.05) is 12.1 Å². The molecule has 0 radical (unpaired) electrons. The van der Waals surface area contributed by atoms with Crippen molar-refractivity contribution in [3.8, 4) is 0 Å². The largest absolute Gasteiger partial charge is 0.384 e. The van der Waals surface area contributed by atoms with E-state index in [9.17, 15) is 0 Å². The lowest BCUT2D eigenvalue weighted by atomic mass is 9.95. The first-order chi connectivity index (χ1) is 10.2. The molecular weight excluding hydrogens is 284 g/mol. The molecule has 1 aromatic carbocycles. The minimum absolute atomic E-state index is 0.176. The first-order valence-electron chi connectivity index (χ1n) is 7.92. The molecule has 4 heteroatoms. The highest BCUT2D eigenvalue weighted by molar-refractivity contribution is 6.31. The van der Waals surface area contributed by atoms with Crippen molar-refractivity contribution >= 4 is 17.3 Å². The number of hydrogen-bond donors (Lipinski definition) is 1. The van der Waals surface area contributed by atoms with Crippen molar-refractivity contribution in [3.05, 3.63) is 28.8 Å². The van der Waals surface area contributed by atoms with Crippen LogP contribution in [0.3, 0.4) is 0 Å². The molecule has 1 atom stereocenters. The van der Waals surface area contributed by atoms with Gasteiger partial charge in [-0.05, 0) is 49.3 Å². The summed E-state index contributed by atoms with van der Waals surface area (Å²) < 4.78 is 5.28. The highest BCUT2D eigenvalue weighted by Crippen LogP contribution is 2.31. The van der Waals surface area contributed by atoms with Crippen molar-refractivity contribution < 1.29 is 4.74 Å². The van der Waals surface area contributed by atoms with Crippen LogP contribution in [0.2, 0.25) is 5.02 Å². The molecule has 1 unspecified atom stereocenters. The minimum Gasteiger partial charge on any atom is -0.384 e. The Bertz CT molecular complexity index is 444. The number of hydrogen-bond acceptors (Lipinski definition) is 3. The molecule has 3 nitrogen and oxygen atoms in total. The molecule has 21 heavy (non-hydrogen) atoms. The van der Waals surface area contributed by atoms with Gasteiger partial charge in [0.1, 0.15) is 0 Å². The summed E-state index contributed by atoms with van der Waals surface area (Å²) >= 11 is 6.43. The van der Waals surface area contributed by atoms with E-state index in [-0.39, 0.29) is 6.04 Å². The summed E-state index contributed by atoms with van der Waals surface area (Å²) in [6.07, 6.45) is 4.18. The van der Waals surface area contributed by atoms with Gasteiger partial charge in [0, 0.05) is 43.6 Å². The summed E-state index contributed by atoms with van der Waals surface area (Å²) in [6.45, 7) is 5.14. The van der Waals surface area contributed by atoms with Crippen molar-refractivity contribution in [2.75, 3.05) is 31.7 Å². The lowest BCUT2D eigenvalue weighted by Crippen LogP contribution is -2.36. The van der Waals surface area contributed by atoms with E-state index < -0.39 is 0 Å². The Morgan fingerprint density at radius 3 is 2.71 bits per heavy atom. The van der Waals surface area contributed by atoms with Crippen LogP contribution in [0.4, 0.5) is 5.69 Å². The molecule has 0 amide bonds. The topological polar surface area (TPSA) is 38.5 Å². The van der Waals surface area contributed by atoms with Gasteiger partial charge in [-0.25, -0.2) is 0 Å². The predicted octanol–water partition coefficient (Wildman–Crippen LogP) is 3.48. The lowest BCUT2D eigenvalue weighted by molar-refractivity contribution is 0.139. The number of benzene rings is 1. The molecule has 1 aliphatic rings. The van der Waals surface area contributed by atoms with Gasteiger partial charge in [0.05, 0.1) is 0 Å². The van der Waals surface area contributed by atoms with Gasteiger partial charge in [0.2, 0.25) is 0 Å². The Hall–Kier alpha value is -0.770. The van der Waals surface area contributed by atoms with E-state index in [1.165, 1.54) is 24.1 Å². The maximum atomic E-state index is 6.43. The van der Waals surface area contributed by atoms with Crippen LogP contribution in [-0.2, 0) is 11.2 Å². The molecule has 118 valence electrons. The zero-order valence-electron chi connectivity index (χ0n) is 13.1. The molecule has 1 aromatic rings. The SMILES string of the molecule is CCC(N)Cc1c(Cl)cccc1N1CCC(COC)CC1. The Morgan fingerprint density at radius 1 is 1.38 bits per heavy atom. The zero-order valence-corrected chi connectivity index (χ0v) is 13.9. The molecule has 2 rings (SSSR count). The van der Waals surface area contributed by atoms with Crippen LogP contribution >= 0.6 is 11.6 Å². The number of anilines is 1. The number of nitrogens with zero attached hydrogens (tertiary/aromatic N) is 1. The van der Waals surface area contributed by atoms with Gasteiger partial charge in [-0.15, -0.1) is 0 Å². The van der Waals surface area contributed by atoms with Crippen molar-refractivity contribution in [3.63, 3.8) is 0 Å². The molecule has 0 aromatic heterocycles. The number of rotatable bonds is 6. The van der Waals surface area contributed by atoms with Gasteiger partial charge in [-0.1, -0.05) is 24.6 Å². The molecule has 0 bridgehead atoms. The Balaban J connectivity index is 2.11. The van der Waals surface area contributed by atoms with Crippen molar-refractivity contribution in [1.82, 2.24) is 0 Å². The summed E-state index contributed by atoms with van der Waals surface area (Å²) in [4.78, 5) is 2.45. The summed E-state index contributed by atoms with van der Waals surface area (Å²) in [5.41, 5.74) is 8.61. The number of ether oxygens (including phenoxy) is 1. The van der Waals surface area contributed by atoms with Crippen LogP contribution in [0, 0.1) is 5.92 Å². The summed E-state index contributed by atoms with van der Waals surface area (Å²) in [5, 5.41) is 0.843. The minimum atomic E-state index is 0.176. The second-order valence-corrected chi connectivity index (χ2v) is 6.40. The van der Waals surface area contributed by atoms with Crippen LogP contribution in [0.15, 0.2) is 18.2 Å². The van der Waals surface area contributed by atoms with Gasteiger partial charge in [-0.2, -0.15) is 0 Å². The van der Waals surface area contributed by atoms with Gasteiger partial charge in [0.15, 0.2) is 0 Å². The number of nitrogens with two attached hydrogens (primary N) is 1. The molecular formula is C17H27ClN2O. The van der Waals surface area contributed by atoms with Gasteiger partial charge < -0.3 is 15.4 Å². The Kier molecular flexibility index (Phi) is 6.34. The van der Waals surface area contributed by atoms with E-state index in [0.717, 1.165) is 37.6 Å². The van der Waals surface area contributed by atoms with Crippen molar-refractivity contribution in [1.29, 1.82) is 0 Å². The quantitative estimate of drug-likeness (QED) is 0.874. The highest BCUT2D eigenvalue weighted by atomic mass is 35.5. The lowest BCUT2D eigenvalue weighted by Gasteiger charge is -2.35. The first kappa shape index (κ1) is 16.6. The van der Waals surface area contributed by atoms with Crippen molar-refractivity contribution in [2.24, 2.45) is 11.7 Å². The average molecular weight is 311 g/mol. The highest BCUT2D eigenvalue weighted by Gasteiger charge is 2.22. The number of methoxy groups -OCH3 is 1. The molecule has 2 N–H and O–H groups in total. The van der Waals surface area contributed by atoms with E-state index in [1.54, 1.807) is 7.11 Å². The van der Waals surface area contributed by atoms with Gasteiger partial charge in [0.25, 0.3) is 0 Å². The molecule has 1 fully saturated rings. The Labute approximate surface area is 133 Å². The fraction of sp³-hybridized carbons (Fsp3) is 0.647. The summed E-state index contributed by atoms with van der Waals surface area (Å²) in [7, 11) is 1.79. The van der Waals surface area contributed by atoms with Crippen LogP contribution in [-0.4, -0.2) is 32.8 Å². The van der Waals surface area contributed by atoms with E-state index in [4.69, 9.17) is 22.1 Å². The molecule has 1 saturated heterocycles. The normalized spacial score (nSPS) is 18.0. The second-order valence-electron chi connectivity index (χ2n) is 6.00. The predicted molar refractivity (Wildman–Crippen MR) is 90.2 cm³/mol. The van der Waals surface area contributed by atoms with Crippen LogP contribution in [0.5, 0.6) is 0 Å². The van der Waals surface area contributed by atoms with E-state index >= 15 is 0 Å². The Morgan fingerprint density at radius 2 is 2.10 bits per heavy atom.